The summed E-state index contributed by atoms with van der Waals surface area (Å²) < 4.78 is 30.7. The van der Waals surface area contributed by atoms with E-state index in [2.05, 4.69) is 29.0 Å². The summed E-state index contributed by atoms with van der Waals surface area (Å²) >= 11 is 0. The summed E-state index contributed by atoms with van der Waals surface area (Å²) in [6.45, 7) is 5.23. The van der Waals surface area contributed by atoms with Gasteiger partial charge in [-0.25, -0.2) is 13.4 Å². The first-order valence-corrected chi connectivity index (χ1v) is 9.68. The van der Waals surface area contributed by atoms with E-state index in [0.717, 1.165) is 25.1 Å². The Labute approximate surface area is 142 Å². The molecule has 0 aliphatic carbocycles. The smallest absolute Gasteiger partial charge is 0.262 e. The molecule has 132 valence electrons. The highest BCUT2D eigenvalue weighted by Gasteiger charge is 2.32. The Balaban J connectivity index is 1.74. The van der Waals surface area contributed by atoms with Gasteiger partial charge in [0, 0.05) is 38.8 Å². The van der Waals surface area contributed by atoms with Crippen molar-refractivity contribution in [3.63, 3.8) is 0 Å². The van der Waals surface area contributed by atoms with E-state index in [0.29, 0.717) is 19.1 Å². The first-order chi connectivity index (χ1) is 11.4. The van der Waals surface area contributed by atoms with Crippen LogP contribution in [-0.4, -0.2) is 50.1 Å². The monoisotopic (exact) mass is 352 g/mol. The quantitative estimate of drug-likeness (QED) is 0.808. The number of aryl methyl sites for hydroxylation is 1. The summed E-state index contributed by atoms with van der Waals surface area (Å²) in [4.78, 5) is 4.01. The molecule has 0 spiro atoms. The van der Waals surface area contributed by atoms with Gasteiger partial charge in [-0.15, -0.1) is 10.2 Å². The summed E-state index contributed by atoms with van der Waals surface area (Å²) in [5.41, 5.74) is 0. The molecule has 0 N–H and O–H groups in total. The minimum Gasteiger partial charge on any atom is -0.339 e. The second kappa shape index (κ2) is 6.64. The number of hydrogen-bond donors (Lipinski definition) is 0. The summed E-state index contributed by atoms with van der Waals surface area (Å²) in [5.74, 6) is 1.17. The molecule has 1 saturated heterocycles. The third kappa shape index (κ3) is 3.36. The van der Waals surface area contributed by atoms with Gasteiger partial charge in [0.1, 0.15) is 12.2 Å². The largest absolute Gasteiger partial charge is 0.339 e. The first-order valence-electron chi connectivity index (χ1n) is 8.24. The lowest BCUT2D eigenvalue weighted by Crippen LogP contribution is -2.40. The number of sulfonamides is 1. The predicted molar refractivity (Wildman–Crippen MR) is 88.8 cm³/mol. The van der Waals surface area contributed by atoms with E-state index in [9.17, 15) is 8.42 Å². The number of rotatable bonds is 5. The molecule has 1 unspecified atom stereocenters. The Hall–Kier alpha value is -1.74. The van der Waals surface area contributed by atoms with Crippen molar-refractivity contribution >= 4 is 10.0 Å². The number of hydrogen-bond acceptors (Lipinski definition) is 5. The predicted octanol–water partition coefficient (Wildman–Crippen LogP) is 1.24. The Kier molecular flexibility index (Phi) is 4.73. The molecule has 0 saturated carbocycles. The van der Waals surface area contributed by atoms with Gasteiger partial charge in [-0.05, 0) is 32.6 Å². The topological polar surface area (TPSA) is 85.9 Å². The molecule has 2 aromatic rings. The second-order valence-corrected chi connectivity index (χ2v) is 8.59. The number of piperidine rings is 1. The Bertz CT molecular complexity index is 795. The molecule has 0 aromatic carbocycles. The van der Waals surface area contributed by atoms with Crippen molar-refractivity contribution in [1.29, 1.82) is 0 Å². The summed E-state index contributed by atoms with van der Waals surface area (Å²) in [7, 11) is -1.75. The van der Waals surface area contributed by atoms with E-state index in [1.807, 2.05) is 4.57 Å². The highest BCUT2D eigenvalue weighted by atomic mass is 32.2. The van der Waals surface area contributed by atoms with Crippen LogP contribution in [0.5, 0.6) is 0 Å². The fraction of sp³-hybridized carbons (Fsp3) is 0.667. The molecule has 0 bridgehead atoms. The van der Waals surface area contributed by atoms with Crippen LogP contribution in [-0.2, 0) is 23.5 Å². The molecule has 3 heterocycles. The molecule has 8 nitrogen and oxygen atoms in total. The van der Waals surface area contributed by atoms with Gasteiger partial charge in [0.2, 0.25) is 0 Å². The van der Waals surface area contributed by atoms with Crippen LogP contribution in [0.3, 0.4) is 0 Å². The van der Waals surface area contributed by atoms with Gasteiger partial charge in [0.05, 0.1) is 6.33 Å². The molecular formula is C15H24N6O2S. The molecule has 1 aliphatic rings. The average Bonchev–Trinajstić information content (AvgIpc) is 3.17. The molecule has 1 atom stereocenters. The maximum absolute atomic E-state index is 12.7. The van der Waals surface area contributed by atoms with Crippen LogP contribution in [0, 0.1) is 5.92 Å². The second-order valence-electron chi connectivity index (χ2n) is 6.70. The van der Waals surface area contributed by atoms with E-state index in [4.69, 9.17) is 0 Å². The first kappa shape index (κ1) is 17.1. The van der Waals surface area contributed by atoms with Gasteiger partial charge >= 0.3 is 0 Å². The molecule has 3 rings (SSSR count). The fourth-order valence-electron chi connectivity index (χ4n) is 3.17. The lowest BCUT2D eigenvalue weighted by molar-refractivity contribution is 0.260. The maximum atomic E-state index is 12.7. The van der Waals surface area contributed by atoms with E-state index in [-0.39, 0.29) is 10.9 Å². The van der Waals surface area contributed by atoms with Crippen LogP contribution in [0.15, 0.2) is 23.9 Å². The van der Waals surface area contributed by atoms with Gasteiger partial charge in [0.15, 0.2) is 5.03 Å². The summed E-state index contributed by atoms with van der Waals surface area (Å²) in [6.07, 6.45) is 7.40. The maximum Gasteiger partial charge on any atom is 0.262 e. The highest BCUT2D eigenvalue weighted by molar-refractivity contribution is 7.89. The van der Waals surface area contributed by atoms with Gasteiger partial charge in [0.25, 0.3) is 10.0 Å². The molecular weight excluding hydrogens is 328 g/mol. The lowest BCUT2D eigenvalue weighted by atomic mass is 9.96. The minimum absolute atomic E-state index is 0.121. The van der Waals surface area contributed by atoms with Crippen molar-refractivity contribution in [2.24, 2.45) is 13.0 Å². The van der Waals surface area contributed by atoms with Crippen LogP contribution in [0.1, 0.15) is 38.6 Å². The Morgan fingerprint density at radius 1 is 1.33 bits per heavy atom. The van der Waals surface area contributed by atoms with Crippen LogP contribution < -0.4 is 0 Å². The SMILES string of the molecule is CC(C)n1cnnc1CC1CCCN(S(=O)(=O)c2cn(C)cn2)C1. The lowest BCUT2D eigenvalue weighted by Gasteiger charge is -2.31. The van der Waals surface area contributed by atoms with Gasteiger partial charge in [-0.2, -0.15) is 4.31 Å². The zero-order valence-corrected chi connectivity index (χ0v) is 15.1. The van der Waals surface area contributed by atoms with Crippen molar-refractivity contribution in [1.82, 2.24) is 28.6 Å². The molecule has 2 aromatic heterocycles. The highest BCUT2D eigenvalue weighted by Crippen LogP contribution is 2.25. The third-order valence-electron chi connectivity index (χ3n) is 4.44. The van der Waals surface area contributed by atoms with E-state index in [1.165, 1.54) is 6.33 Å². The van der Waals surface area contributed by atoms with Crippen LogP contribution >= 0.6 is 0 Å². The zero-order valence-electron chi connectivity index (χ0n) is 14.3. The van der Waals surface area contributed by atoms with E-state index < -0.39 is 10.0 Å². The molecule has 24 heavy (non-hydrogen) atoms. The molecule has 1 fully saturated rings. The van der Waals surface area contributed by atoms with Crippen molar-refractivity contribution in [2.75, 3.05) is 13.1 Å². The molecule has 9 heteroatoms. The molecule has 0 radical (unpaired) electrons. The minimum atomic E-state index is -3.52. The van der Waals surface area contributed by atoms with Gasteiger partial charge in [-0.3, -0.25) is 0 Å². The third-order valence-corrected chi connectivity index (χ3v) is 6.19. The molecule has 0 amide bonds. The number of aromatic nitrogens is 5. The van der Waals surface area contributed by atoms with Crippen molar-refractivity contribution in [2.45, 2.75) is 44.2 Å². The average molecular weight is 352 g/mol. The van der Waals surface area contributed by atoms with Gasteiger partial charge in [-0.1, -0.05) is 0 Å². The van der Waals surface area contributed by atoms with Crippen molar-refractivity contribution < 1.29 is 8.42 Å². The zero-order chi connectivity index (χ0) is 17.3. The van der Waals surface area contributed by atoms with Crippen molar-refractivity contribution in [3.05, 3.63) is 24.7 Å². The van der Waals surface area contributed by atoms with Crippen molar-refractivity contribution in [3.8, 4) is 0 Å². The van der Waals surface area contributed by atoms with E-state index in [1.54, 1.807) is 28.4 Å². The molecule has 1 aliphatic heterocycles. The van der Waals surface area contributed by atoms with E-state index >= 15 is 0 Å². The summed E-state index contributed by atoms with van der Waals surface area (Å²) in [5, 5.41) is 8.33. The Morgan fingerprint density at radius 3 is 2.79 bits per heavy atom. The Morgan fingerprint density at radius 2 is 2.12 bits per heavy atom. The van der Waals surface area contributed by atoms with Crippen LogP contribution in [0.25, 0.3) is 0 Å². The van der Waals surface area contributed by atoms with Gasteiger partial charge < -0.3 is 9.13 Å². The standard InChI is InChI=1S/C15H24N6O2S/c1-12(2)21-11-17-18-14(21)7-13-5-4-6-20(8-13)24(22,23)15-9-19(3)10-16-15/h9-13H,4-8H2,1-3H3. The fourth-order valence-corrected chi connectivity index (χ4v) is 4.69. The number of imidazole rings is 1. The van der Waals surface area contributed by atoms with Crippen LogP contribution in [0.2, 0.25) is 0 Å². The number of nitrogens with zero attached hydrogens (tertiary/aromatic N) is 6. The normalized spacial score (nSPS) is 19.9. The van der Waals surface area contributed by atoms with Crippen LogP contribution in [0.4, 0.5) is 0 Å². The summed E-state index contributed by atoms with van der Waals surface area (Å²) in [6, 6.07) is 0.298.